The van der Waals surface area contributed by atoms with Crippen LogP contribution in [0.1, 0.15) is 39.5 Å². The van der Waals surface area contributed by atoms with Crippen molar-refractivity contribution < 1.29 is 14.3 Å². The van der Waals surface area contributed by atoms with E-state index in [0.717, 1.165) is 12.8 Å². The molecule has 0 bridgehead atoms. The smallest absolute Gasteiger partial charge is 0.303 e. The molecule has 4 heteroatoms. The lowest BCUT2D eigenvalue weighted by molar-refractivity contribution is -0.158. The Bertz CT molecular complexity index is 422. The molecular weight excluding hydrogens is 332 g/mol. The van der Waals surface area contributed by atoms with Crippen molar-refractivity contribution in [3.63, 3.8) is 0 Å². The van der Waals surface area contributed by atoms with Crippen LogP contribution >= 0.6 is 15.9 Å². The van der Waals surface area contributed by atoms with Crippen LogP contribution in [0, 0.1) is 12.3 Å². The summed E-state index contributed by atoms with van der Waals surface area (Å²) < 4.78 is 11.6. The molecule has 0 saturated heterocycles. The number of esters is 1. The van der Waals surface area contributed by atoms with Crippen LogP contribution in [-0.4, -0.2) is 29.1 Å². The number of ether oxygens (including phenoxy) is 2. The molecule has 0 N–H and O–H groups in total. The zero-order valence-corrected chi connectivity index (χ0v) is 14.2. The Morgan fingerprint density at radius 1 is 1.57 bits per heavy atom. The van der Waals surface area contributed by atoms with Crippen LogP contribution in [0.5, 0.6) is 0 Å². The summed E-state index contributed by atoms with van der Waals surface area (Å²) in [6, 6.07) is 0. The van der Waals surface area contributed by atoms with E-state index in [1.807, 2.05) is 6.08 Å². The average Bonchev–Trinajstić information content (AvgIpc) is 2.44. The first-order valence-corrected chi connectivity index (χ1v) is 8.22. The fourth-order valence-electron chi connectivity index (χ4n) is 2.29. The minimum atomic E-state index is -0.286. The molecule has 0 radical (unpaired) electrons. The summed E-state index contributed by atoms with van der Waals surface area (Å²) in [6.07, 6.45) is 15.7. The van der Waals surface area contributed by atoms with Crippen LogP contribution in [0.2, 0.25) is 0 Å². The Labute approximate surface area is 135 Å². The lowest BCUT2D eigenvalue weighted by Gasteiger charge is -2.32. The molecule has 3 nitrogen and oxygen atoms in total. The molecule has 0 amide bonds. The van der Waals surface area contributed by atoms with Crippen molar-refractivity contribution in [3.8, 4) is 12.3 Å². The fraction of sp³-hybridized carbons (Fsp3) is 0.588. The van der Waals surface area contributed by atoms with E-state index in [1.54, 1.807) is 6.08 Å². The van der Waals surface area contributed by atoms with Gasteiger partial charge in [-0.2, -0.15) is 0 Å². The van der Waals surface area contributed by atoms with Crippen LogP contribution in [0.4, 0.5) is 0 Å². The van der Waals surface area contributed by atoms with Crippen molar-refractivity contribution in [3.05, 3.63) is 24.3 Å². The van der Waals surface area contributed by atoms with Gasteiger partial charge in [-0.05, 0) is 25.3 Å². The van der Waals surface area contributed by atoms with Gasteiger partial charge in [0.2, 0.25) is 0 Å². The number of carbonyl (C=O) groups excluding carboxylic acids is 1. The van der Waals surface area contributed by atoms with Crippen LogP contribution < -0.4 is 0 Å². The normalized spacial score (nSPS) is 29.1. The van der Waals surface area contributed by atoms with E-state index in [-0.39, 0.29) is 29.1 Å². The molecule has 0 fully saturated rings. The fourth-order valence-corrected chi connectivity index (χ4v) is 2.63. The second kappa shape index (κ2) is 9.81. The summed E-state index contributed by atoms with van der Waals surface area (Å²) >= 11 is 3.66. The van der Waals surface area contributed by atoms with E-state index < -0.39 is 0 Å². The SMILES string of the molecule is C#C/C=C\C[C@@H]1O[C@@H]([C@@H](Br)CC)C/C=C\C[C@@H]1OC(C)=O. The van der Waals surface area contributed by atoms with Gasteiger partial charge in [-0.3, -0.25) is 4.79 Å². The van der Waals surface area contributed by atoms with Crippen LogP contribution in [0.3, 0.4) is 0 Å². The van der Waals surface area contributed by atoms with Gasteiger partial charge < -0.3 is 9.47 Å². The third-order valence-corrected chi connectivity index (χ3v) is 4.60. The number of hydrogen-bond donors (Lipinski definition) is 0. The van der Waals surface area contributed by atoms with Gasteiger partial charge >= 0.3 is 5.97 Å². The van der Waals surface area contributed by atoms with E-state index in [0.29, 0.717) is 12.8 Å². The highest BCUT2D eigenvalue weighted by atomic mass is 79.9. The van der Waals surface area contributed by atoms with Gasteiger partial charge in [-0.1, -0.05) is 47.0 Å². The predicted octanol–water partition coefficient (Wildman–Crippen LogP) is 3.77. The van der Waals surface area contributed by atoms with Crippen molar-refractivity contribution in [2.24, 2.45) is 0 Å². The Morgan fingerprint density at radius 3 is 2.90 bits per heavy atom. The summed E-state index contributed by atoms with van der Waals surface area (Å²) in [5.41, 5.74) is 0. The summed E-state index contributed by atoms with van der Waals surface area (Å²) in [4.78, 5) is 11.6. The minimum absolute atomic E-state index is 0.0637. The molecule has 1 rings (SSSR count). The van der Waals surface area contributed by atoms with Gasteiger partial charge in [0.1, 0.15) is 6.10 Å². The average molecular weight is 355 g/mol. The van der Waals surface area contributed by atoms with Crippen molar-refractivity contribution in [2.45, 2.75) is 62.7 Å². The van der Waals surface area contributed by atoms with Gasteiger partial charge in [0.05, 0.1) is 12.2 Å². The van der Waals surface area contributed by atoms with E-state index in [9.17, 15) is 4.79 Å². The van der Waals surface area contributed by atoms with Gasteiger partial charge in [0, 0.05) is 18.2 Å². The van der Waals surface area contributed by atoms with Crippen LogP contribution in [-0.2, 0) is 14.3 Å². The number of hydrogen-bond acceptors (Lipinski definition) is 3. The molecule has 21 heavy (non-hydrogen) atoms. The van der Waals surface area contributed by atoms with Crippen molar-refractivity contribution in [2.75, 3.05) is 0 Å². The molecule has 1 aliphatic rings. The maximum Gasteiger partial charge on any atom is 0.303 e. The molecule has 0 spiro atoms. The highest BCUT2D eigenvalue weighted by Crippen LogP contribution is 2.25. The van der Waals surface area contributed by atoms with Crippen molar-refractivity contribution in [1.82, 2.24) is 0 Å². The molecule has 0 unspecified atom stereocenters. The van der Waals surface area contributed by atoms with E-state index >= 15 is 0 Å². The topological polar surface area (TPSA) is 35.5 Å². The molecule has 1 aliphatic heterocycles. The number of rotatable bonds is 5. The molecule has 0 saturated carbocycles. The zero-order chi connectivity index (χ0) is 15.7. The van der Waals surface area contributed by atoms with Crippen LogP contribution in [0.15, 0.2) is 24.3 Å². The molecule has 0 aromatic heterocycles. The highest BCUT2D eigenvalue weighted by Gasteiger charge is 2.29. The Balaban J connectivity index is 2.86. The lowest BCUT2D eigenvalue weighted by atomic mass is 10.0. The minimum Gasteiger partial charge on any atom is -0.459 e. The van der Waals surface area contributed by atoms with E-state index in [2.05, 4.69) is 40.9 Å². The number of terminal acetylenes is 1. The van der Waals surface area contributed by atoms with Gasteiger partial charge in [-0.15, -0.1) is 6.42 Å². The van der Waals surface area contributed by atoms with E-state index in [4.69, 9.17) is 15.9 Å². The van der Waals surface area contributed by atoms with Gasteiger partial charge in [0.15, 0.2) is 0 Å². The number of halogens is 1. The first-order valence-electron chi connectivity index (χ1n) is 7.31. The molecular formula is C17H23BrO3. The third kappa shape index (κ3) is 6.50. The van der Waals surface area contributed by atoms with Crippen molar-refractivity contribution >= 4 is 21.9 Å². The summed E-state index contributed by atoms with van der Waals surface area (Å²) in [5, 5.41) is 0. The first-order chi connectivity index (χ1) is 10.1. The highest BCUT2D eigenvalue weighted by molar-refractivity contribution is 9.09. The molecule has 0 aromatic rings. The Hall–Kier alpha value is -1.05. The molecule has 0 aromatic carbocycles. The Morgan fingerprint density at radius 2 is 2.29 bits per heavy atom. The van der Waals surface area contributed by atoms with Gasteiger partial charge in [0.25, 0.3) is 0 Å². The van der Waals surface area contributed by atoms with Gasteiger partial charge in [-0.25, -0.2) is 0 Å². The van der Waals surface area contributed by atoms with E-state index in [1.165, 1.54) is 6.92 Å². The first kappa shape index (κ1) is 18.0. The van der Waals surface area contributed by atoms with Crippen molar-refractivity contribution in [1.29, 1.82) is 0 Å². The maximum absolute atomic E-state index is 11.3. The molecule has 4 atom stereocenters. The standard InChI is InChI=1S/C17H23BrO3/c1-4-6-7-11-17-16(20-13(3)19)12-9-8-10-15(21-17)14(18)5-2/h1,6-9,14-17H,5,10-12H2,2-3H3/b7-6-,9-8-/t14-,15+,16-,17-/m0/s1. The largest absolute Gasteiger partial charge is 0.459 e. The summed E-state index contributed by atoms with van der Waals surface area (Å²) in [7, 11) is 0. The molecule has 116 valence electrons. The number of carbonyl (C=O) groups is 1. The second-order valence-electron chi connectivity index (χ2n) is 5.03. The molecule has 0 aliphatic carbocycles. The zero-order valence-electron chi connectivity index (χ0n) is 12.6. The Kier molecular flexibility index (Phi) is 8.41. The van der Waals surface area contributed by atoms with Crippen LogP contribution in [0.25, 0.3) is 0 Å². The number of alkyl halides is 1. The number of allylic oxidation sites excluding steroid dienone is 1. The predicted molar refractivity (Wildman–Crippen MR) is 88.2 cm³/mol. The maximum atomic E-state index is 11.3. The monoisotopic (exact) mass is 354 g/mol. The molecule has 1 heterocycles. The third-order valence-electron chi connectivity index (χ3n) is 3.36. The summed E-state index contributed by atoms with van der Waals surface area (Å²) in [5.74, 6) is 2.18. The quantitative estimate of drug-likeness (QED) is 0.326. The summed E-state index contributed by atoms with van der Waals surface area (Å²) in [6.45, 7) is 3.54. The second-order valence-corrected chi connectivity index (χ2v) is 6.21. The lowest BCUT2D eigenvalue weighted by Crippen LogP contribution is -2.39.